The van der Waals surface area contributed by atoms with Gasteiger partial charge in [0.2, 0.25) is 0 Å². The Kier molecular flexibility index (Phi) is 5.92. The Bertz CT molecular complexity index is 1220. The van der Waals surface area contributed by atoms with E-state index >= 15 is 4.39 Å². The summed E-state index contributed by atoms with van der Waals surface area (Å²) >= 11 is 0. The molecular formula is C28H31FN2O5. The van der Waals surface area contributed by atoms with Crippen molar-refractivity contribution in [1.82, 2.24) is 0 Å². The number of alkyl halides is 1. The van der Waals surface area contributed by atoms with Crippen LogP contribution in [0.4, 0.5) is 21.5 Å². The minimum Gasteiger partial charge on any atom is -0.482 e. The first kappa shape index (κ1) is 24.5. The summed E-state index contributed by atoms with van der Waals surface area (Å²) < 4.78 is 27.6. The van der Waals surface area contributed by atoms with Gasteiger partial charge in [0.05, 0.1) is 17.5 Å². The lowest BCUT2D eigenvalue weighted by molar-refractivity contribution is -0.146. The highest BCUT2D eigenvalue weighted by Crippen LogP contribution is 2.59. The SMILES string of the molecule is C=CCN1C(=O)[C@]2(O[C@H](CCO)[C@@H](C(C)(C)F)[C@@H]2C)c2cc(N3C(=O)COc4ccccc43)ccc21. The van der Waals surface area contributed by atoms with Gasteiger partial charge in [0.25, 0.3) is 11.8 Å². The second-order valence-corrected chi connectivity index (χ2v) is 10.2. The van der Waals surface area contributed by atoms with Gasteiger partial charge < -0.3 is 19.5 Å². The third-order valence-electron chi connectivity index (χ3n) is 7.63. The van der Waals surface area contributed by atoms with Crippen LogP contribution in [0.5, 0.6) is 5.75 Å². The first-order chi connectivity index (χ1) is 17.1. The van der Waals surface area contributed by atoms with Gasteiger partial charge in [-0.1, -0.05) is 25.1 Å². The van der Waals surface area contributed by atoms with Gasteiger partial charge in [-0.3, -0.25) is 14.5 Å². The number of para-hydroxylation sites is 2. The molecule has 7 nitrogen and oxygen atoms in total. The predicted molar refractivity (Wildman–Crippen MR) is 134 cm³/mol. The van der Waals surface area contributed by atoms with E-state index in [1.165, 1.54) is 13.8 Å². The molecule has 0 aromatic heterocycles. The van der Waals surface area contributed by atoms with E-state index in [4.69, 9.17) is 9.47 Å². The number of nitrogens with zero attached hydrogens (tertiary/aromatic N) is 2. The smallest absolute Gasteiger partial charge is 0.269 e. The summed E-state index contributed by atoms with van der Waals surface area (Å²) in [4.78, 5) is 30.2. The quantitative estimate of drug-likeness (QED) is 0.608. The lowest BCUT2D eigenvalue weighted by atomic mass is 9.71. The van der Waals surface area contributed by atoms with Crippen molar-refractivity contribution >= 4 is 28.9 Å². The number of carbonyl (C=O) groups is 2. The van der Waals surface area contributed by atoms with E-state index in [2.05, 4.69) is 6.58 Å². The number of hydrogen-bond acceptors (Lipinski definition) is 5. The number of ether oxygens (including phenoxy) is 2. The van der Waals surface area contributed by atoms with Crippen molar-refractivity contribution in [2.45, 2.75) is 44.6 Å². The lowest BCUT2D eigenvalue weighted by Gasteiger charge is -2.33. The van der Waals surface area contributed by atoms with Crippen molar-refractivity contribution < 1.29 is 28.6 Å². The molecule has 0 saturated carbocycles. The van der Waals surface area contributed by atoms with E-state index in [-0.39, 0.29) is 38.0 Å². The Balaban J connectivity index is 1.69. The van der Waals surface area contributed by atoms with Crippen LogP contribution in [0.2, 0.25) is 0 Å². The van der Waals surface area contributed by atoms with Crippen molar-refractivity contribution in [3.8, 4) is 5.75 Å². The summed E-state index contributed by atoms with van der Waals surface area (Å²) in [7, 11) is 0. The van der Waals surface area contributed by atoms with Crippen LogP contribution in [0, 0.1) is 11.8 Å². The summed E-state index contributed by atoms with van der Waals surface area (Å²) in [6, 6.07) is 12.7. The molecule has 0 aliphatic carbocycles. The number of halogens is 1. The second-order valence-electron chi connectivity index (χ2n) is 10.2. The highest BCUT2D eigenvalue weighted by molar-refractivity contribution is 6.10. The zero-order valence-electron chi connectivity index (χ0n) is 20.7. The molecule has 2 aromatic carbocycles. The van der Waals surface area contributed by atoms with E-state index in [9.17, 15) is 14.7 Å². The van der Waals surface area contributed by atoms with Gasteiger partial charge >= 0.3 is 0 Å². The minimum absolute atomic E-state index is 0.107. The van der Waals surface area contributed by atoms with Gasteiger partial charge in [-0.25, -0.2) is 4.39 Å². The van der Waals surface area contributed by atoms with Crippen LogP contribution in [0.1, 0.15) is 32.8 Å². The first-order valence-electron chi connectivity index (χ1n) is 12.2. The fourth-order valence-corrected chi connectivity index (χ4v) is 6.27. The van der Waals surface area contributed by atoms with E-state index in [1.54, 1.807) is 46.2 Å². The number of aliphatic hydroxyl groups is 1. The van der Waals surface area contributed by atoms with E-state index < -0.39 is 29.2 Å². The van der Waals surface area contributed by atoms with Gasteiger partial charge in [0.15, 0.2) is 12.2 Å². The molecular weight excluding hydrogens is 463 g/mol. The normalized spacial score (nSPS) is 27.3. The monoisotopic (exact) mass is 494 g/mol. The fraction of sp³-hybridized carbons (Fsp3) is 0.429. The number of amides is 2. The molecule has 5 rings (SSSR count). The van der Waals surface area contributed by atoms with Crippen LogP contribution < -0.4 is 14.5 Å². The molecule has 1 fully saturated rings. The van der Waals surface area contributed by atoms with Crippen molar-refractivity contribution in [1.29, 1.82) is 0 Å². The van der Waals surface area contributed by atoms with Crippen molar-refractivity contribution in [2.75, 3.05) is 29.6 Å². The number of rotatable bonds is 6. The van der Waals surface area contributed by atoms with Gasteiger partial charge in [0.1, 0.15) is 11.4 Å². The zero-order chi connectivity index (χ0) is 25.8. The standard InChI is InChI=1S/C28H31FN2O5/c1-5-13-30-20-11-10-18(31-21-8-6-7-9-22(21)35-16-24(31)33)15-19(20)28(26(30)34)17(2)25(27(3,4)29)23(36-28)12-14-32/h5-11,15,17,23,25,32H,1,12-14,16H2,2-4H3/t17-,23+,25-,28+/m0/s1. The Morgan fingerprint density at radius 2 is 1.97 bits per heavy atom. The molecule has 1 saturated heterocycles. The summed E-state index contributed by atoms with van der Waals surface area (Å²) in [5.74, 6) is -1.09. The molecule has 1 spiro atoms. The fourth-order valence-electron chi connectivity index (χ4n) is 6.27. The Morgan fingerprint density at radius 1 is 1.22 bits per heavy atom. The zero-order valence-corrected chi connectivity index (χ0v) is 20.7. The Labute approximate surface area is 210 Å². The van der Waals surface area contributed by atoms with Crippen molar-refractivity contribution in [3.05, 3.63) is 60.7 Å². The molecule has 36 heavy (non-hydrogen) atoms. The summed E-state index contributed by atoms with van der Waals surface area (Å²) in [5.41, 5.74) is -0.686. The molecule has 0 bridgehead atoms. The summed E-state index contributed by atoms with van der Waals surface area (Å²) in [6.07, 6.45) is 1.20. The van der Waals surface area contributed by atoms with E-state index in [0.717, 1.165) is 0 Å². The maximum Gasteiger partial charge on any atom is 0.269 e. The molecule has 0 unspecified atom stereocenters. The van der Waals surface area contributed by atoms with Gasteiger partial charge in [0, 0.05) is 36.2 Å². The number of fused-ring (bicyclic) bond motifs is 3. The average molecular weight is 495 g/mol. The molecule has 190 valence electrons. The number of anilines is 3. The second kappa shape index (κ2) is 8.71. The van der Waals surface area contributed by atoms with Gasteiger partial charge in [-0.05, 0) is 50.6 Å². The molecule has 0 radical (unpaired) electrons. The highest BCUT2D eigenvalue weighted by Gasteiger charge is 2.66. The number of hydrogen-bond donors (Lipinski definition) is 1. The van der Waals surface area contributed by atoms with Crippen LogP contribution >= 0.6 is 0 Å². The van der Waals surface area contributed by atoms with E-state index in [0.29, 0.717) is 28.4 Å². The molecule has 3 aliphatic heterocycles. The van der Waals surface area contributed by atoms with Crippen molar-refractivity contribution in [3.63, 3.8) is 0 Å². The first-order valence-corrected chi connectivity index (χ1v) is 12.2. The van der Waals surface area contributed by atoms with Crippen molar-refractivity contribution in [2.24, 2.45) is 11.8 Å². The molecule has 8 heteroatoms. The third kappa shape index (κ3) is 3.46. The van der Waals surface area contributed by atoms with Crippen LogP contribution in [-0.2, 0) is 19.9 Å². The summed E-state index contributed by atoms with van der Waals surface area (Å²) in [6.45, 7) is 8.58. The number of carbonyl (C=O) groups excluding carboxylic acids is 2. The number of aliphatic hydroxyl groups excluding tert-OH is 1. The maximum absolute atomic E-state index is 15.5. The minimum atomic E-state index is -1.65. The maximum atomic E-state index is 15.5. The van der Waals surface area contributed by atoms with Gasteiger partial charge in [-0.15, -0.1) is 6.58 Å². The Hall–Kier alpha value is -3.23. The molecule has 2 aromatic rings. The highest BCUT2D eigenvalue weighted by atomic mass is 19.1. The molecule has 3 heterocycles. The summed E-state index contributed by atoms with van der Waals surface area (Å²) in [5, 5.41) is 9.69. The van der Waals surface area contributed by atoms with Crippen LogP contribution in [0.25, 0.3) is 0 Å². The molecule has 3 aliphatic rings. The van der Waals surface area contributed by atoms with Crippen LogP contribution in [-0.4, -0.2) is 48.5 Å². The molecule has 2 amide bonds. The Morgan fingerprint density at radius 3 is 2.67 bits per heavy atom. The molecule has 1 N–H and O–H groups in total. The van der Waals surface area contributed by atoms with Crippen LogP contribution in [0.3, 0.4) is 0 Å². The number of benzene rings is 2. The van der Waals surface area contributed by atoms with Gasteiger partial charge in [-0.2, -0.15) is 0 Å². The lowest BCUT2D eigenvalue weighted by Crippen LogP contribution is -2.45. The predicted octanol–water partition coefficient (Wildman–Crippen LogP) is 4.25. The largest absolute Gasteiger partial charge is 0.482 e. The van der Waals surface area contributed by atoms with Crippen LogP contribution in [0.15, 0.2) is 55.1 Å². The third-order valence-corrected chi connectivity index (χ3v) is 7.63. The molecule has 4 atom stereocenters. The topological polar surface area (TPSA) is 79.3 Å². The van der Waals surface area contributed by atoms with E-state index in [1.807, 2.05) is 19.1 Å². The average Bonchev–Trinajstić information content (AvgIpc) is 3.26.